The number of nitrogens with one attached hydrogen (secondary N) is 6. The van der Waals surface area contributed by atoms with E-state index in [0.717, 1.165) is 10.9 Å². The summed E-state index contributed by atoms with van der Waals surface area (Å²) in [7, 11) is 0. The van der Waals surface area contributed by atoms with Gasteiger partial charge in [0.05, 0.1) is 19.0 Å². The van der Waals surface area contributed by atoms with Gasteiger partial charge < -0.3 is 48.1 Å². The Morgan fingerprint density at radius 1 is 0.722 bits per heavy atom. The summed E-state index contributed by atoms with van der Waals surface area (Å²) in [5.41, 5.74) is 13.6. The molecule has 3 aromatic rings. The molecular formula is C36H48N8O8S2. The minimum Gasteiger partial charge on any atom is -0.481 e. The highest BCUT2D eigenvalue weighted by molar-refractivity contribution is 7.98. The topological polar surface area (TPSA) is 268 Å². The molecule has 0 aliphatic rings. The molecule has 0 aliphatic heterocycles. The van der Waals surface area contributed by atoms with Crippen LogP contribution in [0.3, 0.4) is 0 Å². The third-order valence-electron chi connectivity index (χ3n) is 8.34. The van der Waals surface area contributed by atoms with Crippen molar-refractivity contribution in [2.75, 3.05) is 30.6 Å². The van der Waals surface area contributed by atoms with Crippen LogP contribution in [0.4, 0.5) is 0 Å². The van der Waals surface area contributed by atoms with E-state index in [0.29, 0.717) is 29.1 Å². The van der Waals surface area contributed by atoms with Gasteiger partial charge >= 0.3 is 5.97 Å². The lowest BCUT2D eigenvalue weighted by molar-refractivity contribution is -0.141. The first-order valence-corrected chi connectivity index (χ1v) is 19.9. The predicted octanol–water partition coefficient (Wildman–Crippen LogP) is -0.198. The van der Waals surface area contributed by atoms with E-state index in [4.69, 9.17) is 11.5 Å². The SMILES string of the molecule is CSCC[C@H](NC(=O)[C@H](Cc1c[nH]c2ccccc12)NC(=O)CNC(=O)[C@@H](N)CCSC)C(=O)N[C@@H](CC(=O)O)C(=O)N[C@@H](Cc1ccccc1)C(N)=O. The number of thioether (sulfide) groups is 2. The second-order valence-corrected chi connectivity index (χ2v) is 14.4. The first kappa shape index (κ1) is 43.3. The zero-order valence-electron chi connectivity index (χ0n) is 30.1. The summed E-state index contributed by atoms with van der Waals surface area (Å²) < 4.78 is 0. The molecule has 1 heterocycles. The summed E-state index contributed by atoms with van der Waals surface area (Å²) in [6.07, 6.45) is 5.06. The Balaban J connectivity index is 1.80. The van der Waals surface area contributed by atoms with Gasteiger partial charge in [0.15, 0.2) is 0 Å². The Morgan fingerprint density at radius 2 is 1.31 bits per heavy atom. The van der Waals surface area contributed by atoms with E-state index in [-0.39, 0.29) is 19.3 Å². The number of nitrogens with two attached hydrogens (primary N) is 2. The molecule has 11 N–H and O–H groups in total. The second-order valence-electron chi connectivity index (χ2n) is 12.4. The number of carboxylic acid groups (broad SMARTS) is 1. The van der Waals surface area contributed by atoms with Gasteiger partial charge in [0, 0.05) is 29.9 Å². The van der Waals surface area contributed by atoms with Gasteiger partial charge in [0.25, 0.3) is 0 Å². The van der Waals surface area contributed by atoms with Gasteiger partial charge in [-0.15, -0.1) is 0 Å². The van der Waals surface area contributed by atoms with E-state index in [2.05, 4.69) is 31.6 Å². The number of rotatable bonds is 23. The van der Waals surface area contributed by atoms with Crippen LogP contribution in [0, 0.1) is 0 Å². The number of primary amides is 1. The molecule has 1 aromatic heterocycles. The number of aromatic nitrogens is 1. The maximum Gasteiger partial charge on any atom is 0.305 e. The fourth-order valence-electron chi connectivity index (χ4n) is 5.43. The third-order valence-corrected chi connectivity index (χ3v) is 9.63. The lowest BCUT2D eigenvalue weighted by Gasteiger charge is -2.26. The van der Waals surface area contributed by atoms with Crippen molar-refractivity contribution in [1.29, 1.82) is 0 Å². The number of hydrogen-bond donors (Lipinski definition) is 9. The molecule has 0 radical (unpaired) electrons. The van der Waals surface area contributed by atoms with Crippen molar-refractivity contribution in [3.8, 4) is 0 Å². The van der Waals surface area contributed by atoms with Crippen LogP contribution in [0.25, 0.3) is 10.9 Å². The molecule has 0 spiro atoms. The van der Waals surface area contributed by atoms with Crippen LogP contribution < -0.4 is 38.1 Å². The van der Waals surface area contributed by atoms with E-state index in [9.17, 15) is 38.7 Å². The van der Waals surface area contributed by atoms with Gasteiger partial charge in [-0.1, -0.05) is 48.5 Å². The maximum absolute atomic E-state index is 13.9. The average Bonchev–Trinajstić information content (AvgIpc) is 3.56. The highest BCUT2D eigenvalue weighted by Gasteiger charge is 2.32. The number of fused-ring (bicyclic) bond motifs is 1. The van der Waals surface area contributed by atoms with E-state index in [1.165, 1.54) is 23.5 Å². The fourth-order valence-corrected chi connectivity index (χ4v) is 6.39. The van der Waals surface area contributed by atoms with Crippen molar-refractivity contribution in [2.24, 2.45) is 11.5 Å². The summed E-state index contributed by atoms with van der Waals surface area (Å²) in [6.45, 7) is -0.456. The highest BCUT2D eigenvalue weighted by atomic mass is 32.2. The number of H-pyrrole nitrogens is 1. The maximum atomic E-state index is 13.9. The zero-order chi connectivity index (χ0) is 39.6. The average molecular weight is 785 g/mol. The predicted molar refractivity (Wildman–Crippen MR) is 208 cm³/mol. The fraction of sp³-hybridized carbons (Fsp3) is 0.417. The number of para-hydroxylation sites is 1. The summed E-state index contributed by atoms with van der Waals surface area (Å²) in [6, 6.07) is 9.93. The van der Waals surface area contributed by atoms with Gasteiger partial charge in [-0.05, 0) is 54.1 Å². The second kappa shape index (κ2) is 22.2. The van der Waals surface area contributed by atoms with Crippen LogP contribution in [-0.2, 0) is 46.4 Å². The van der Waals surface area contributed by atoms with Crippen LogP contribution in [0.1, 0.15) is 30.4 Å². The number of aromatic amines is 1. The van der Waals surface area contributed by atoms with Crippen molar-refractivity contribution < 1.29 is 38.7 Å². The van der Waals surface area contributed by atoms with Crippen LogP contribution in [0.2, 0.25) is 0 Å². The molecule has 0 unspecified atom stereocenters. The van der Waals surface area contributed by atoms with Gasteiger partial charge in [-0.3, -0.25) is 33.6 Å². The molecule has 18 heteroatoms. The number of aliphatic carboxylic acids is 1. The molecule has 292 valence electrons. The molecular weight excluding hydrogens is 737 g/mol. The lowest BCUT2D eigenvalue weighted by atomic mass is 10.0. The number of benzene rings is 2. The molecule has 0 bridgehead atoms. The third kappa shape index (κ3) is 14.1. The minimum absolute atomic E-state index is 0.000395. The van der Waals surface area contributed by atoms with Crippen molar-refractivity contribution >= 4 is 75.8 Å². The van der Waals surface area contributed by atoms with Crippen LogP contribution in [0.15, 0.2) is 60.8 Å². The molecule has 6 amide bonds. The monoisotopic (exact) mass is 784 g/mol. The first-order chi connectivity index (χ1) is 25.8. The zero-order valence-corrected chi connectivity index (χ0v) is 31.7. The van der Waals surface area contributed by atoms with Gasteiger partial charge in [-0.2, -0.15) is 23.5 Å². The molecule has 0 saturated carbocycles. The van der Waals surface area contributed by atoms with Gasteiger partial charge in [-0.25, -0.2) is 0 Å². The molecule has 0 fully saturated rings. The summed E-state index contributed by atoms with van der Waals surface area (Å²) >= 11 is 2.91. The standard InChI is InChI=1S/C36H48N8O8S2/c1-53-14-12-24(37)33(49)40-20-30(45)41-28(17-22-19-39-25-11-7-6-10-23(22)25)35(51)42-26(13-15-54-2)34(50)44-29(18-31(46)47)36(52)43-27(32(38)48)16-21-8-4-3-5-9-21/h3-11,19,24,26-29,39H,12-18,20,37H2,1-2H3,(H2,38,48)(H,40,49)(H,41,45)(H,42,51)(H,43,52)(H,44,50)(H,46,47)/t24-,26-,27-,28-,29-/m0/s1. The molecule has 0 saturated heterocycles. The number of carbonyl (C=O) groups is 7. The number of hydrogen-bond acceptors (Lipinski definition) is 10. The Hall–Kier alpha value is -5.07. The summed E-state index contributed by atoms with van der Waals surface area (Å²) in [4.78, 5) is 93.6. The molecule has 3 rings (SSSR count). The van der Waals surface area contributed by atoms with E-state index >= 15 is 0 Å². The van der Waals surface area contributed by atoms with Gasteiger partial charge in [0.1, 0.15) is 24.2 Å². The first-order valence-electron chi connectivity index (χ1n) is 17.1. The molecule has 5 atom stereocenters. The number of carbonyl (C=O) groups excluding carboxylic acids is 6. The Morgan fingerprint density at radius 3 is 1.98 bits per heavy atom. The summed E-state index contributed by atoms with van der Waals surface area (Å²) in [5, 5.41) is 23.0. The Labute approximate surface area is 321 Å². The van der Waals surface area contributed by atoms with Crippen LogP contribution >= 0.6 is 23.5 Å². The largest absolute Gasteiger partial charge is 0.481 e. The molecule has 0 aliphatic carbocycles. The Kier molecular flexibility index (Phi) is 17.8. The minimum atomic E-state index is -1.63. The van der Waals surface area contributed by atoms with Crippen LogP contribution in [-0.4, -0.2) is 112 Å². The normalized spacial score (nSPS) is 13.8. The quantitative estimate of drug-likeness (QED) is 0.0608. The van der Waals surface area contributed by atoms with E-state index < -0.39 is 84.6 Å². The summed E-state index contributed by atoms with van der Waals surface area (Å²) in [5.74, 6) is -4.98. The molecule has 2 aromatic carbocycles. The molecule has 16 nitrogen and oxygen atoms in total. The van der Waals surface area contributed by atoms with Crippen molar-refractivity contribution in [2.45, 2.75) is 62.3 Å². The van der Waals surface area contributed by atoms with E-state index in [1.807, 2.05) is 30.5 Å². The lowest BCUT2D eigenvalue weighted by Crippen LogP contribution is -2.59. The molecule has 54 heavy (non-hydrogen) atoms. The van der Waals surface area contributed by atoms with Crippen molar-refractivity contribution in [1.82, 2.24) is 31.6 Å². The van der Waals surface area contributed by atoms with Crippen molar-refractivity contribution in [3.05, 3.63) is 71.9 Å². The van der Waals surface area contributed by atoms with Crippen molar-refractivity contribution in [3.63, 3.8) is 0 Å². The van der Waals surface area contributed by atoms with E-state index in [1.54, 1.807) is 42.8 Å². The highest BCUT2D eigenvalue weighted by Crippen LogP contribution is 2.19. The Bertz CT molecular complexity index is 1760. The number of carboxylic acids is 1. The van der Waals surface area contributed by atoms with Gasteiger partial charge in [0.2, 0.25) is 35.4 Å². The van der Waals surface area contributed by atoms with Crippen LogP contribution in [0.5, 0.6) is 0 Å². The smallest absolute Gasteiger partial charge is 0.305 e. The number of amides is 6.